The van der Waals surface area contributed by atoms with E-state index in [1.165, 1.54) is 10.4 Å². The lowest BCUT2D eigenvalue weighted by atomic mass is 10.0. The largest absolute Gasteiger partial charge is 0.489 e. The van der Waals surface area contributed by atoms with Crippen molar-refractivity contribution in [3.8, 4) is 5.75 Å². The monoisotopic (exact) mass is 304 g/mol. The Kier molecular flexibility index (Phi) is 6.21. The molecule has 114 valence electrons. The van der Waals surface area contributed by atoms with Crippen molar-refractivity contribution < 1.29 is 4.74 Å². The van der Waals surface area contributed by atoms with Gasteiger partial charge in [0.25, 0.3) is 0 Å². The molecule has 2 heterocycles. The molecule has 2 aromatic heterocycles. The fraction of sp³-hybridized carbons (Fsp3) is 0.471. The first kappa shape index (κ1) is 16.0. The van der Waals surface area contributed by atoms with E-state index in [1.54, 1.807) is 17.5 Å². The maximum Gasteiger partial charge on any atom is 0.138 e. The topological polar surface area (TPSA) is 34.2 Å². The summed E-state index contributed by atoms with van der Waals surface area (Å²) in [4.78, 5) is 5.72. The number of ether oxygens (including phenoxy) is 1. The summed E-state index contributed by atoms with van der Waals surface area (Å²) >= 11 is 1.80. The molecule has 21 heavy (non-hydrogen) atoms. The fourth-order valence-electron chi connectivity index (χ4n) is 2.22. The molecular formula is C17H24N2OS. The molecule has 0 aliphatic carbocycles. The standard InChI is InChI=1S/C17H24N2OS/c1-4-7-19-17(10-16-6-5-8-21-16)14-9-15(12-18-11-14)20-13(2)3/h5-6,8-9,11-13,17,19H,4,7,10H2,1-3H3. The highest BCUT2D eigenvalue weighted by atomic mass is 32.1. The van der Waals surface area contributed by atoms with Crippen LogP contribution in [0.4, 0.5) is 0 Å². The summed E-state index contributed by atoms with van der Waals surface area (Å²) in [5.74, 6) is 0.844. The van der Waals surface area contributed by atoms with Crippen molar-refractivity contribution in [3.63, 3.8) is 0 Å². The van der Waals surface area contributed by atoms with Crippen LogP contribution >= 0.6 is 11.3 Å². The van der Waals surface area contributed by atoms with Crippen LogP contribution in [0.15, 0.2) is 36.0 Å². The van der Waals surface area contributed by atoms with Gasteiger partial charge in [-0.2, -0.15) is 0 Å². The Labute approximate surface area is 131 Å². The lowest BCUT2D eigenvalue weighted by molar-refractivity contribution is 0.241. The minimum Gasteiger partial charge on any atom is -0.489 e. The maximum absolute atomic E-state index is 5.76. The van der Waals surface area contributed by atoms with Gasteiger partial charge in [0.05, 0.1) is 12.3 Å². The van der Waals surface area contributed by atoms with Gasteiger partial charge >= 0.3 is 0 Å². The smallest absolute Gasteiger partial charge is 0.138 e. The average molecular weight is 304 g/mol. The van der Waals surface area contributed by atoms with E-state index in [0.717, 1.165) is 25.1 Å². The molecule has 0 fully saturated rings. The second-order valence-corrected chi connectivity index (χ2v) is 6.44. The van der Waals surface area contributed by atoms with Crippen molar-refractivity contribution in [1.82, 2.24) is 10.3 Å². The van der Waals surface area contributed by atoms with Gasteiger partial charge in [0.1, 0.15) is 5.75 Å². The normalized spacial score (nSPS) is 12.6. The number of rotatable bonds is 8. The Morgan fingerprint density at radius 3 is 2.86 bits per heavy atom. The van der Waals surface area contributed by atoms with Gasteiger partial charge in [0, 0.05) is 23.5 Å². The maximum atomic E-state index is 5.76. The Bertz CT molecular complexity index is 525. The van der Waals surface area contributed by atoms with E-state index in [0.29, 0.717) is 0 Å². The summed E-state index contributed by atoms with van der Waals surface area (Å²) in [6.45, 7) is 7.26. The molecule has 0 amide bonds. The summed E-state index contributed by atoms with van der Waals surface area (Å²) in [7, 11) is 0. The van der Waals surface area contributed by atoms with Crippen molar-refractivity contribution in [1.29, 1.82) is 0 Å². The van der Waals surface area contributed by atoms with E-state index >= 15 is 0 Å². The average Bonchev–Trinajstić information content (AvgIpc) is 2.96. The van der Waals surface area contributed by atoms with E-state index < -0.39 is 0 Å². The van der Waals surface area contributed by atoms with Crippen LogP contribution in [0, 0.1) is 0 Å². The van der Waals surface area contributed by atoms with E-state index in [-0.39, 0.29) is 12.1 Å². The van der Waals surface area contributed by atoms with Gasteiger partial charge in [-0.25, -0.2) is 0 Å². The molecule has 0 aliphatic rings. The van der Waals surface area contributed by atoms with Gasteiger partial charge in [0.15, 0.2) is 0 Å². The summed E-state index contributed by atoms with van der Waals surface area (Å²) in [5, 5.41) is 5.74. The number of hydrogen-bond acceptors (Lipinski definition) is 4. The van der Waals surface area contributed by atoms with Crippen molar-refractivity contribution in [2.24, 2.45) is 0 Å². The molecule has 0 aliphatic heterocycles. The number of aromatic nitrogens is 1. The van der Waals surface area contributed by atoms with E-state index in [1.807, 2.05) is 20.0 Å². The van der Waals surface area contributed by atoms with E-state index in [2.05, 4.69) is 40.8 Å². The molecule has 0 radical (unpaired) electrons. The van der Waals surface area contributed by atoms with E-state index in [9.17, 15) is 0 Å². The number of nitrogens with one attached hydrogen (secondary N) is 1. The quantitative estimate of drug-likeness (QED) is 0.793. The predicted octanol–water partition coefficient (Wildman–Crippen LogP) is 4.21. The van der Waals surface area contributed by atoms with Gasteiger partial charge in [0.2, 0.25) is 0 Å². The van der Waals surface area contributed by atoms with Gasteiger partial charge in [-0.15, -0.1) is 11.3 Å². The van der Waals surface area contributed by atoms with Crippen molar-refractivity contribution >= 4 is 11.3 Å². The third kappa shape index (κ3) is 5.14. The second kappa shape index (κ2) is 8.15. The number of thiophene rings is 1. The number of pyridine rings is 1. The van der Waals surface area contributed by atoms with Crippen LogP contribution in [-0.4, -0.2) is 17.6 Å². The van der Waals surface area contributed by atoms with Gasteiger partial charge < -0.3 is 10.1 Å². The van der Waals surface area contributed by atoms with E-state index in [4.69, 9.17) is 4.74 Å². The molecule has 0 saturated carbocycles. The van der Waals surface area contributed by atoms with Crippen LogP contribution in [0.1, 0.15) is 43.7 Å². The van der Waals surface area contributed by atoms with Crippen LogP contribution in [0.3, 0.4) is 0 Å². The minimum absolute atomic E-state index is 0.168. The molecule has 0 saturated heterocycles. The first-order valence-corrected chi connectivity index (χ1v) is 8.44. The molecule has 1 atom stereocenters. The predicted molar refractivity (Wildman–Crippen MR) is 89.1 cm³/mol. The summed E-state index contributed by atoms with van der Waals surface area (Å²) in [6.07, 6.45) is 6.00. The molecule has 4 heteroatoms. The van der Waals surface area contributed by atoms with Crippen molar-refractivity contribution in [2.75, 3.05) is 6.54 Å². The Balaban J connectivity index is 2.14. The highest BCUT2D eigenvalue weighted by molar-refractivity contribution is 7.09. The fourth-order valence-corrected chi connectivity index (χ4v) is 2.97. The lowest BCUT2D eigenvalue weighted by Crippen LogP contribution is -2.24. The molecule has 1 unspecified atom stereocenters. The van der Waals surface area contributed by atoms with Crippen LogP contribution in [0.5, 0.6) is 5.75 Å². The number of nitrogens with zero attached hydrogens (tertiary/aromatic N) is 1. The highest BCUT2D eigenvalue weighted by Crippen LogP contribution is 2.24. The number of hydrogen-bond donors (Lipinski definition) is 1. The zero-order valence-corrected chi connectivity index (χ0v) is 13.8. The molecule has 0 spiro atoms. The van der Waals surface area contributed by atoms with Crippen LogP contribution < -0.4 is 10.1 Å². The first-order chi connectivity index (χ1) is 10.2. The van der Waals surface area contributed by atoms with Gasteiger partial charge in [-0.05, 0) is 49.9 Å². The SMILES string of the molecule is CCCNC(Cc1cccs1)c1cncc(OC(C)C)c1. The summed E-state index contributed by atoms with van der Waals surface area (Å²) < 4.78 is 5.76. The van der Waals surface area contributed by atoms with Crippen molar-refractivity contribution in [2.45, 2.75) is 45.8 Å². The molecule has 0 aromatic carbocycles. The molecule has 3 nitrogen and oxygen atoms in total. The van der Waals surface area contributed by atoms with Gasteiger partial charge in [-0.1, -0.05) is 13.0 Å². The highest BCUT2D eigenvalue weighted by Gasteiger charge is 2.14. The second-order valence-electron chi connectivity index (χ2n) is 5.41. The third-order valence-electron chi connectivity index (χ3n) is 3.13. The van der Waals surface area contributed by atoms with Crippen LogP contribution in [0.25, 0.3) is 0 Å². The Hall–Kier alpha value is -1.39. The molecule has 2 rings (SSSR count). The first-order valence-electron chi connectivity index (χ1n) is 7.56. The molecule has 1 N–H and O–H groups in total. The van der Waals surface area contributed by atoms with Crippen LogP contribution in [-0.2, 0) is 6.42 Å². The Morgan fingerprint density at radius 2 is 2.19 bits per heavy atom. The van der Waals surface area contributed by atoms with Gasteiger partial charge in [-0.3, -0.25) is 4.98 Å². The molecular weight excluding hydrogens is 280 g/mol. The molecule has 0 bridgehead atoms. The molecule has 2 aromatic rings. The Morgan fingerprint density at radius 1 is 1.33 bits per heavy atom. The zero-order chi connectivity index (χ0) is 15.1. The summed E-state index contributed by atoms with van der Waals surface area (Å²) in [6, 6.07) is 6.68. The summed E-state index contributed by atoms with van der Waals surface area (Å²) in [5.41, 5.74) is 1.19. The lowest BCUT2D eigenvalue weighted by Gasteiger charge is -2.19. The zero-order valence-electron chi connectivity index (χ0n) is 13.0. The van der Waals surface area contributed by atoms with Crippen molar-refractivity contribution in [3.05, 3.63) is 46.4 Å². The van der Waals surface area contributed by atoms with Crippen LogP contribution in [0.2, 0.25) is 0 Å². The third-order valence-corrected chi connectivity index (χ3v) is 4.03. The minimum atomic E-state index is 0.168.